The van der Waals surface area contributed by atoms with Crippen LogP contribution >= 0.6 is 0 Å². The minimum absolute atomic E-state index is 0.0662. The van der Waals surface area contributed by atoms with Gasteiger partial charge in [0.05, 0.1) is 25.2 Å². The summed E-state index contributed by atoms with van der Waals surface area (Å²) in [7, 11) is 0. The van der Waals surface area contributed by atoms with Gasteiger partial charge in [-0.1, -0.05) is 217 Å². The third-order valence-electron chi connectivity index (χ3n) is 11.9. The van der Waals surface area contributed by atoms with E-state index in [1.165, 1.54) is 128 Å². The number of hydrogen-bond acceptors (Lipinski definition) is 5. The first-order chi connectivity index (χ1) is 30.0. The number of allylic oxidation sites excluding steroid dienone is 8. The van der Waals surface area contributed by atoms with Crippen molar-refractivity contribution in [1.29, 1.82) is 0 Å². The molecule has 0 rings (SSSR count). The van der Waals surface area contributed by atoms with Crippen LogP contribution in [0.15, 0.2) is 48.6 Å². The molecule has 356 valence electrons. The zero-order valence-corrected chi connectivity index (χ0v) is 40.5. The Morgan fingerprint density at radius 1 is 0.492 bits per heavy atom. The quantitative estimate of drug-likeness (QED) is 0.0322. The fourth-order valence-electron chi connectivity index (χ4n) is 7.91. The van der Waals surface area contributed by atoms with Crippen LogP contribution < -0.4 is 5.32 Å². The van der Waals surface area contributed by atoms with Gasteiger partial charge < -0.3 is 20.3 Å². The van der Waals surface area contributed by atoms with E-state index in [4.69, 9.17) is 4.74 Å². The van der Waals surface area contributed by atoms with Crippen molar-refractivity contribution in [2.24, 2.45) is 0 Å². The molecule has 0 aliphatic heterocycles. The highest BCUT2D eigenvalue weighted by atomic mass is 16.5. The lowest BCUT2D eigenvalue weighted by Crippen LogP contribution is -2.46. The number of hydrogen-bond donors (Lipinski definition) is 3. The van der Waals surface area contributed by atoms with E-state index in [0.717, 1.165) is 89.9 Å². The Balaban J connectivity index is 4.61. The summed E-state index contributed by atoms with van der Waals surface area (Å²) in [5.41, 5.74) is 0. The molecule has 6 heteroatoms. The van der Waals surface area contributed by atoms with E-state index in [0.29, 0.717) is 19.3 Å². The standard InChI is InChI=1S/C55H101NO5/c1-4-7-10-13-16-19-22-24-26-27-28-29-32-34-37-40-43-46-51(61-55(60)48-45-42-39-36-33-30-25-23-20-17-14-11-8-5-2)49-54(59)56-52(50-57)53(58)47-44-41-38-35-31-21-18-15-12-9-6-3/h8,11,17,20,24-26,30,51-53,57-58H,4-7,9-10,12-16,18-19,21-23,27-29,31-50H2,1-3H3,(H,56,59)/b11-8+,20-17+,26-24+,30-25+. The molecule has 3 unspecified atom stereocenters. The van der Waals surface area contributed by atoms with Crippen molar-refractivity contribution in [3.05, 3.63) is 48.6 Å². The number of esters is 1. The molecule has 0 aliphatic carbocycles. The molecule has 1 amide bonds. The van der Waals surface area contributed by atoms with E-state index in [1.807, 2.05) is 0 Å². The zero-order valence-electron chi connectivity index (χ0n) is 40.5. The van der Waals surface area contributed by atoms with Crippen LogP contribution in [0.4, 0.5) is 0 Å². The minimum Gasteiger partial charge on any atom is -0.462 e. The summed E-state index contributed by atoms with van der Waals surface area (Å²) < 4.78 is 5.93. The largest absolute Gasteiger partial charge is 0.462 e. The molecule has 0 spiro atoms. The Hall–Kier alpha value is -2.18. The van der Waals surface area contributed by atoms with Crippen molar-refractivity contribution in [1.82, 2.24) is 5.32 Å². The summed E-state index contributed by atoms with van der Waals surface area (Å²) in [6, 6.07) is -0.706. The molecule has 0 aliphatic rings. The molecule has 0 radical (unpaired) electrons. The molecule has 3 atom stereocenters. The average Bonchev–Trinajstić information content (AvgIpc) is 3.25. The Morgan fingerprint density at radius 2 is 0.885 bits per heavy atom. The third kappa shape index (κ3) is 44.2. The van der Waals surface area contributed by atoms with Gasteiger partial charge in [0.2, 0.25) is 5.91 Å². The van der Waals surface area contributed by atoms with E-state index in [-0.39, 0.29) is 24.9 Å². The molecule has 0 saturated carbocycles. The maximum Gasteiger partial charge on any atom is 0.306 e. The van der Waals surface area contributed by atoms with Gasteiger partial charge in [0.1, 0.15) is 6.10 Å². The van der Waals surface area contributed by atoms with E-state index in [9.17, 15) is 19.8 Å². The molecule has 0 fully saturated rings. The van der Waals surface area contributed by atoms with Gasteiger partial charge in [-0.15, -0.1) is 0 Å². The summed E-state index contributed by atoms with van der Waals surface area (Å²) in [6.07, 6.45) is 58.8. The third-order valence-corrected chi connectivity index (χ3v) is 11.9. The second-order valence-corrected chi connectivity index (χ2v) is 17.9. The van der Waals surface area contributed by atoms with E-state index in [1.54, 1.807) is 0 Å². The molecule has 0 heterocycles. The smallest absolute Gasteiger partial charge is 0.306 e. The Bertz CT molecular complexity index is 1050. The van der Waals surface area contributed by atoms with Gasteiger partial charge in [0.25, 0.3) is 0 Å². The fraction of sp³-hybridized carbons (Fsp3) is 0.818. The lowest BCUT2D eigenvalue weighted by molar-refractivity contribution is -0.151. The van der Waals surface area contributed by atoms with Crippen molar-refractivity contribution >= 4 is 11.9 Å². The van der Waals surface area contributed by atoms with Crippen LogP contribution in [0.25, 0.3) is 0 Å². The van der Waals surface area contributed by atoms with Gasteiger partial charge in [0.15, 0.2) is 0 Å². The fourth-order valence-corrected chi connectivity index (χ4v) is 7.91. The molecule has 6 nitrogen and oxygen atoms in total. The molecule has 0 aromatic rings. The SMILES string of the molecule is CC/C=C/C/C=C/C/C=C/CCCCCCC(=O)OC(CCCCCCCCC/C=C/CCCCCCCC)CC(=O)NC(CO)C(O)CCCCCCCCCCCCC. The van der Waals surface area contributed by atoms with Crippen LogP contribution in [0.5, 0.6) is 0 Å². The van der Waals surface area contributed by atoms with E-state index >= 15 is 0 Å². The lowest BCUT2D eigenvalue weighted by Gasteiger charge is -2.24. The summed E-state index contributed by atoms with van der Waals surface area (Å²) in [6.45, 7) is 6.36. The summed E-state index contributed by atoms with van der Waals surface area (Å²) >= 11 is 0. The number of carbonyl (C=O) groups excluding carboxylic acids is 2. The maximum atomic E-state index is 13.2. The molecule has 0 aromatic carbocycles. The predicted molar refractivity (Wildman–Crippen MR) is 264 cm³/mol. The molecule has 0 bridgehead atoms. The molecular weight excluding hydrogens is 755 g/mol. The number of amides is 1. The number of aliphatic hydroxyl groups excluding tert-OH is 2. The Morgan fingerprint density at radius 3 is 1.36 bits per heavy atom. The summed E-state index contributed by atoms with van der Waals surface area (Å²) in [5.74, 6) is -0.498. The average molecular weight is 856 g/mol. The van der Waals surface area contributed by atoms with Gasteiger partial charge in [0, 0.05) is 6.42 Å². The molecule has 3 N–H and O–H groups in total. The summed E-state index contributed by atoms with van der Waals surface area (Å²) in [4.78, 5) is 26.2. The van der Waals surface area contributed by atoms with Crippen LogP contribution in [-0.4, -0.2) is 46.9 Å². The van der Waals surface area contributed by atoms with Gasteiger partial charge in [-0.3, -0.25) is 9.59 Å². The highest BCUT2D eigenvalue weighted by Crippen LogP contribution is 2.18. The topological polar surface area (TPSA) is 95.9 Å². The Kier molecular flexibility index (Phi) is 47.1. The van der Waals surface area contributed by atoms with Crippen LogP contribution in [-0.2, 0) is 14.3 Å². The highest BCUT2D eigenvalue weighted by Gasteiger charge is 2.24. The number of carbonyl (C=O) groups is 2. The van der Waals surface area contributed by atoms with E-state index < -0.39 is 18.2 Å². The van der Waals surface area contributed by atoms with Crippen molar-refractivity contribution in [3.63, 3.8) is 0 Å². The van der Waals surface area contributed by atoms with E-state index in [2.05, 4.69) is 74.7 Å². The molecular formula is C55H101NO5. The highest BCUT2D eigenvalue weighted by molar-refractivity contribution is 5.77. The van der Waals surface area contributed by atoms with Crippen molar-refractivity contribution in [2.75, 3.05) is 6.61 Å². The molecule has 0 aromatic heterocycles. The Labute approximate surface area is 378 Å². The predicted octanol–water partition coefficient (Wildman–Crippen LogP) is 15.8. The number of ether oxygens (including phenoxy) is 1. The van der Waals surface area contributed by atoms with Crippen LogP contribution in [0.2, 0.25) is 0 Å². The zero-order chi connectivity index (χ0) is 44.5. The molecule has 61 heavy (non-hydrogen) atoms. The normalized spacial score (nSPS) is 13.6. The van der Waals surface area contributed by atoms with Gasteiger partial charge in [-0.05, 0) is 83.5 Å². The van der Waals surface area contributed by atoms with Gasteiger partial charge in [-0.2, -0.15) is 0 Å². The number of aliphatic hydroxyl groups is 2. The van der Waals surface area contributed by atoms with Crippen molar-refractivity contribution in [3.8, 4) is 0 Å². The first-order valence-electron chi connectivity index (χ1n) is 26.4. The minimum atomic E-state index is -0.792. The first kappa shape index (κ1) is 58.8. The van der Waals surface area contributed by atoms with Crippen LogP contribution in [0.3, 0.4) is 0 Å². The first-order valence-corrected chi connectivity index (χ1v) is 26.4. The van der Waals surface area contributed by atoms with Crippen LogP contribution in [0.1, 0.15) is 265 Å². The van der Waals surface area contributed by atoms with Gasteiger partial charge in [-0.25, -0.2) is 0 Å². The van der Waals surface area contributed by atoms with Crippen molar-refractivity contribution in [2.45, 2.75) is 283 Å². The second-order valence-electron chi connectivity index (χ2n) is 17.9. The second kappa shape index (κ2) is 48.8. The molecule has 0 saturated heterocycles. The summed E-state index contributed by atoms with van der Waals surface area (Å²) in [5, 5.41) is 23.8. The van der Waals surface area contributed by atoms with Gasteiger partial charge >= 0.3 is 5.97 Å². The van der Waals surface area contributed by atoms with Crippen LogP contribution in [0, 0.1) is 0 Å². The number of nitrogens with one attached hydrogen (secondary N) is 1. The number of unbranched alkanes of at least 4 members (excludes halogenated alkanes) is 27. The maximum absolute atomic E-state index is 13.2. The monoisotopic (exact) mass is 856 g/mol. The van der Waals surface area contributed by atoms with Crippen molar-refractivity contribution < 1.29 is 24.5 Å². The lowest BCUT2D eigenvalue weighted by atomic mass is 10.0. The number of rotatable bonds is 47.